The molecule has 1 amide bonds. The molecule has 0 unspecified atom stereocenters. The van der Waals surface area contributed by atoms with Crippen LogP contribution in [-0.4, -0.2) is 35.1 Å². The number of aryl methyl sites for hydroxylation is 1. The van der Waals surface area contributed by atoms with Crippen molar-refractivity contribution in [2.24, 2.45) is 0 Å². The van der Waals surface area contributed by atoms with Crippen LogP contribution < -0.4 is 19.1 Å². The number of carbonyl (C=O) groups excluding carboxylic acids is 1. The summed E-state index contributed by atoms with van der Waals surface area (Å²) in [5.74, 6) is 0.232. The highest BCUT2D eigenvalue weighted by Gasteiger charge is 2.28. The number of amides is 1. The number of benzene rings is 3. The molecule has 0 aliphatic rings. The lowest BCUT2D eigenvalue weighted by Crippen LogP contribution is -2.38. The summed E-state index contributed by atoms with van der Waals surface area (Å²) in [6.07, 6.45) is 0.888. The first kappa shape index (κ1) is 23.1. The van der Waals surface area contributed by atoms with Crippen LogP contribution in [0, 0.1) is 0 Å². The first-order chi connectivity index (χ1) is 15.4. The zero-order valence-electron chi connectivity index (χ0n) is 18.2. The Morgan fingerprint density at radius 1 is 0.906 bits per heavy atom. The second-order valence-corrected chi connectivity index (χ2v) is 8.82. The molecule has 0 aliphatic carbocycles. The Balaban J connectivity index is 1.92. The van der Waals surface area contributed by atoms with E-state index in [1.165, 1.54) is 32.4 Å². The maximum absolute atomic E-state index is 13.5. The normalized spacial score (nSPS) is 11.0. The Morgan fingerprint density at radius 3 is 2.16 bits per heavy atom. The van der Waals surface area contributed by atoms with Gasteiger partial charge in [-0.3, -0.25) is 9.10 Å². The van der Waals surface area contributed by atoms with Crippen LogP contribution in [0.2, 0.25) is 0 Å². The molecule has 3 rings (SSSR count). The molecule has 0 saturated heterocycles. The molecule has 1 N–H and O–H groups in total. The topological polar surface area (TPSA) is 84.9 Å². The molecule has 0 radical (unpaired) electrons. The van der Waals surface area contributed by atoms with E-state index in [2.05, 4.69) is 5.32 Å². The number of carbonyl (C=O) groups is 1. The van der Waals surface area contributed by atoms with Crippen molar-refractivity contribution >= 4 is 27.3 Å². The molecule has 8 heteroatoms. The van der Waals surface area contributed by atoms with Gasteiger partial charge in [0.05, 0.1) is 24.8 Å². The minimum atomic E-state index is -4.07. The van der Waals surface area contributed by atoms with Gasteiger partial charge in [-0.2, -0.15) is 0 Å². The summed E-state index contributed by atoms with van der Waals surface area (Å²) < 4.78 is 38.6. The number of hydrogen-bond donors (Lipinski definition) is 1. The van der Waals surface area contributed by atoms with E-state index in [0.29, 0.717) is 17.1 Å². The largest absolute Gasteiger partial charge is 0.493 e. The first-order valence-corrected chi connectivity index (χ1v) is 11.5. The summed E-state index contributed by atoms with van der Waals surface area (Å²) in [6.45, 7) is 1.65. The Kier molecular flexibility index (Phi) is 7.37. The molecule has 32 heavy (non-hydrogen) atoms. The average Bonchev–Trinajstić information content (AvgIpc) is 2.83. The van der Waals surface area contributed by atoms with Crippen LogP contribution in [0.15, 0.2) is 77.7 Å². The van der Waals surface area contributed by atoms with Gasteiger partial charge in [0.1, 0.15) is 6.54 Å². The Labute approximate surface area is 188 Å². The minimum Gasteiger partial charge on any atom is -0.493 e. The third kappa shape index (κ3) is 5.20. The molecular formula is C24H26N2O5S. The summed E-state index contributed by atoms with van der Waals surface area (Å²) in [5, 5.41) is 2.77. The molecule has 0 aromatic heterocycles. The van der Waals surface area contributed by atoms with Crippen molar-refractivity contribution < 1.29 is 22.7 Å². The lowest BCUT2D eigenvalue weighted by molar-refractivity contribution is -0.114. The number of para-hydroxylation sites is 1. The third-order valence-corrected chi connectivity index (χ3v) is 6.69. The molecule has 0 bridgehead atoms. The van der Waals surface area contributed by atoms with E-state index in [-0.39, 0.29) is 10.6 Å². The number of sulfonamides is 1. The third-order valence-electron chi connectivity index (χ3n) is 4.92. The minimum absolute atomic E-state index is 0.0147. The maximum atomic E-state index is 13.5. The van der Waals surface area contributed by atoms with Gasteiger partial charge in [0, 0.05) is 11.8 Å². The highest BCUT2D eigenvalue weighted by atomic mass is 32.2. The van der Waals surface area contributed by atoms with E-state index in [9.17, 15) is 13.2 Å². The number of hydrogen-bond acceptors (Lipinski definition) is 5. The number of ether oxygens (including phenoxy) is 2. The van der Waals surface area contributed by atoms with Crippen LogP contribution in [0.4, 0.5) is 11.4 Å². The van der Waals surface area contributed by atoms with Crippen molar-refractivity contribution in [1.29, 1.82) is 0 Å². The van der Waals surface area contributed by atoms with E-state index in [1.54, 1.807) is 42.5 Å². The van der Waals surface area contributed by atoms with Crippen molar-refractivity contribution in [3.63, 3.8) is 0 Å². The monoisotopic (exact) mass is 454 g/mol. The number of anilines is 2. The Bertz CT molecular complexity index is 1160. The summed E-state index contributed by atoms with van der Waals surface area (Å²) in [4.78, 5) is 12.8. The van der Waals surface area contributed by atoms with Crippen LogP contribution in [0.1, 0.15) is 12.5 Å². The molecule has 0 fully saturated rings. The zero-order valence-corrected chi connectivity index (χ0v) is 19.1. The van der Waals surface area contributed by atoms with Crippen LogP contribution in [0.3, 0.4) is 0 Å². The van der Waals surface area contributed by atoms with Gasteiger partial charge in [-0.05, 0) is 48.4 Å². The Morgan fingerprint density at radius 2 is 1.56 bits per heavy atom. The van der Waals surface area contributed by atoms with Gasteiger partial charge in [0.15, 0.2) is 11.5 Å². The second kappa shape index (κ2) is 10.2. The highest BCUT2D eigenvalue weighted by molar-refractivity contribution is 7.92. The summed E-state index contributed by atoms with van der Waals surface area (Å²) in [5.41, 5.74) is 2.12. The van der Waals surface area contributed by atoms with Crippen LogP contribution in [0.25, 0.3) is 0 Å². The van der Waals surface area contributed by atoms with Crippen LogP contribution in [0.5, 0.6) is 11.5 Å². The fourth-order valence-electron chi connectivity index (χ4n) is 3.17. The molecule has 0 heterocycles. The van der Waals surface area contributed by atoms with Crippen molar-refractivity contribution in [2.45, 2.75) is 18.2 Å². The van der Waals surface area contributed by atoms with Gasteiger partial charge in [-0.25, -0.2) is 8.42 Å². The van der Waals surface area contributed by atoms with Crippen molar-refractivity contribution in [3.8, 4) is 11.5 Å². The predicted molar refractivity (Wildman–Crippen MR) is 125 cm³/mol. The van der Waals surface area contributed by atoms with Crippen molar-refractivity contribution in [1.82, 2.24) is 0 Å². The number of nitrogens with one attached hydrogen (secondary N) is 1. The number of methoxy groups -OCH3 is 2. The summed E-state index contributed by atoms with van der Waals surface area (Å²) >= 11 is 0. The summed E-state index contributed by atoms with van der Waals surface area (Å²) in [6, 6.07) is 20.3. The quantitative estimate of drug-likeness (QED) is 0.526. The van der Waals surface area contributed by atoms with Crippen LogP contribution in [-0.2, 0) is 21.2 Å². The second-order valence-electron chi connectivity index (χ2n) is 6.96. The van der Waals surface area contributed by atoms with E-state index in [4.69, 9.17) is 9.47 Å². The predicted octanol–water partition coefficient (Wildman–Crippen LogP) is 4.10. The average molecular weight is 455 g/mol. The molecule has 168 valence electrons. The van der Waals surface area contributed by atoms with E-state index in [1.807, 2.05) is 19.1 Å². The van der Waals surface area contributed by atoms with E-state index >= 15 is 0 Å². The number of rotatable bonds is 9. The van der Waals surface area contributed by atoms with Gasteiger partial charge in [-0.1, -0.05) is 37.3 Å². The molecule has 7 nitrogen and oxygen atoms in total. The van der Waals surface area contributed by atoms with Gasteiger partial charge in [0.25, 0.3) is 10.0 Å². The first-order valence-electron chi connectivity index (χ1n) is 10.1. The molecule has 3 aromatic rings. The van der Waals surface area contributed by atoms with Gasteiger partial charge in [-0.15, -0.1) is 0 Å². The zero-order chi connectivity index (χ0) is 23.1. The molecule has 0 atom stereocenters. The Hall–Kier alpha value is -3.52. The highest BCUT2D eigenvalue weighted by Crippen LogP contribution is 2.32. The van der Waals surface area contributed by atoms with E-state index in [0.717, 1.165) is 16.3 Å². The van der Waals surface area contributed by atoms with Crippen LogP contribution >= 0.6 is 0 Å². The smallest absolute Gasteiger partial charge is 0.264 e. The standard InChI is InChI=1S/C24H26N2O5S/c1-4-18-10-12-19(13-11-18)25-24(27)17-26(20-8-6-5-7-9-20)32(28,29)21-14-15-22(30-2)23(16-21)31-3/h5-16H,4,17H2,1-3H3,(H,25,27). The molecule has 0 spiro atoms. The van der Waals surface area contributed by atoms with Crippen molar-refractivity contribution in [2.75, 3.05) is 30.4 Å². The fraction of sp³-hybridized carbons (Fsp3) is 0.208. The fourth-order valence-corrected chi connectivity index (χ4v) is 4.61. The molecular weight excluding hydrogens is 428 g/mol. The van der Waals surface area contributed by atoms with Gasteiger partial charge >= 0.3 is 0 Å². The molecule has 0 aliphatic heterocycles. The van der Waals surface area contributed by atoms with E-state index < -0.39 is 22.5 Å². The van der Waals surface area contributed by atoms with Gasteiger partial charge < -0.3 is 14.8 Å². The maximum Gasteiger partial charge on any atom is 0.264 e. The lowest BCUT2D eigenvalue weighted by Gasteiger charge is -2.24. The summed E-state index contributed by atoms with van der Waals surface area (Å²) in [7, 11) is -1.17. The molecule has 0 saturated carbocycles. The molecule has 3 aromatic carbocycles. The number of nitrogens with zero attached hydrogens (tertiary/aromatic N) is 1. The lowest BCUT2D eigenvalue weighted by atomic mass is 10.1. The SMILES string of the molecule is CCc1ccc(NC(=O)CN(c2ccccc2)S(=O)(=O)c2ccc(OC)c(OC)c2)cc1. The van der Waals surface area contributed by atoms with Gasteiger partial charge in [0.2, 0.25) is 5.91 Å². The van der Waals surface area contributed by atoms with Crippen molar-refractivity contribution in [3.05, 3.63) is 78.4 Å².